The van der Waals surface area contributed by atoms with E-state index in [0.29, 0.717) is 16.2 Å². The van der Waals surface area contributed by atoms with Crippen LogP contribution in [-0.2, 0) is 0 Å². The minimum Gasteiger partial charge on any atom is -0.336 e. The van der Waals surface area contributed by atoms with E-state index in [9.17, 15) is 4.79 Å². The summed E-state index contributed by atoms with van der Waals surface area (Å²) in [4.78, 5) is 21.6. The second-order valence-corrected chi connectivity index (χ2v) is 6.74. The van der Waals surface area contributed by atoms with Gasteiger partial charge in [-0.05, 0) is 18.7 Å². The van der Waals surface area contributed by atoms with Crippen molar-refractivity contribution in [3.63, 3.8) is 0 Å². The first kappa shape index (κ1) is 17.0. The van der Waals surface area contributed by atoms with Gasteiger partial charge in [0.15, 0.2) is 5.65 Å². The van der Waals surface area contributed by atoms with Crippen molar-refractivity contribution in [2.24, 2.45) is 0 Å². The number of halogens is 1. The molecule has 1 aliphatic heterocycles. The number of hydrogen-bond donors (Lipinski definition) is 0. The number of amides is 1. The summed E-state index contributed by atoms with van der Waals surface area (Å²) < 4.78 is 1.69. The van der Waals surface area contributed by atoms with Crippen LogP contribution in [0.2, 0.25) is 5.02 Å². The van der Waals surface area contributed by atoms with Crippen LogP contribution in [0.5, 0.6) is 0 Å². The van der Waals surface area contributed by atoms with Crippen LogP contribution in [0.15, 0.2) is 42.7 Å². The number of aromatic nitrogens is 3. The van der Waals surface area contributed by atoms with Crippen LogP contribution in [0.25, 0.3) is 16.9 Å². The van der Waals surface area contributed by atoms with Gasteiger partial charge in [-0.1, -0.05) is 36.7 Å². The summed E-state index contributed by atoms with van der Waals surface area (Å²) in [6.07, 6.45) is 3.30. The number of likely N-dealkylation sites (N-methyl/N-ethyl adjacent to an activating group) is 1. The lowest BCUT2D eigenvalue weighted by Crippen LogP contribution is -2.48. The molecule has 0 atom stereocenters. The highest BCUT2D eigenvalue weighted by atomic mass is 35.5. The van der Waals surface area contributed by atoms with E-state index in [0.717, 1.165) is 44.0 Å². The van der Waals surface area contributed by atoms with Crippen LogP contribution in [0.4, 0.5) is 0 Å². The van der Waals surface area contributed by atoms with E-state index in [1.54, 1.807) is 16.9 Å². The average Bonchev–Trinajstić information content (AvgIpc) is 3.12. The zero-order valence-electron chi connectivity index (χ0n) is 14.6. The second kappa shape index (κ2) is 7.05. The summed E-state index contributed by atoms with van der Waals surface area (Å²) in [6, 6.07) is 9.44. The van der Waals surface area contributed by atoms with Gasteiger partial charge in [-0.3, -0.25) is 4.79 Å². The van der Waals surface area contributed by atoms with Crippen LogP contribution in [-0.4, -0.2) is 63.0 Å². The molecule has 1 aliphatic rings. The molecule has 134 valence electrons. The Morgan fingerprint density at radius 1 is 1.15 bits per heavy atom. The lowest BCUT2D eigenvalue weighted by molar-refractivity contribution is 0.0645. The van der Waals surface area contributed by atoms with Gasteiger partial charge in [-0.15, -0.1) is 0 Å². The summed E-state index contributed by atoms with van der Waals surface area (Å²) in [5.74, 6) is -0.0143. The van der Waals surface area contributed by atoms with Gasteiger partial charge in [0.25, 0.3) is 5.91 Å². The Hall–Kier alpha value is -2.44. The van der Waals surface area contributed by atoms with Gasteiger partial charge in [-0.2, -0.15) is 5.10 Å². The Morgan fingerprint density at radius 3 is 2.65 bits per heavy atom. The highest BCUT2D eigenvalue weighted by molar-refractivity contribution is 6.33. The number of hydrogen-bond acceptors (Lipinski definition) is 4. The van der Waals surface area contributed by atoms with Gasteiger partial charge in [0.1, 0.15) is 5.56 Å². The Kier molecular flexibility index (Phi) is 4.61. The van der Waals surface area contributed by atoms with Gasteiger partial charge < -0.3 is 9.80 Å². The molecule has 0 bridgehead atoms. The molecule has 1 aromatic carbocycles. The van der Waals surface area contributed by atoms with Crippen LogP contribution in [0.3, 0.4) is 0 Å². The number of fused-ring (bicyclic) bond motifs is 1. The summed E-state index contributed by atoms with van der Waals surface area (Å²) in [6.45, 7) is 6.42. The van der Waals surface area contributed by atoms with Crippen molar-refractivity contribution in [3.05, 3.63) is 53.3 Å². The minimum absolute atomic E-state index is 0.0143. The molecule has 0 unspecified atom stereocenters. The molecular weight excluding hydrogens is 350 g/mol. The molecule has 4 rings (SSSR count). The summed E-state index contributed by atoms with van der Waals surface area (Å²) in [5, 5.41) is 5.06. The average molecular weight is 370 g/mol. The van der Waals surface area contributed by atoms with Crippen LogP contribution < -0.4 is 0 Å². The molecule has 3 aromatic rings. The molecule has 1 amide bonds. The molecule has 3 heterocycles. The van der Waals surface area contributed by atoms with Crippen LogP contribution in [0.1, 0.15) is 17.3 Å². The van der Waals surface area contributed by atoms with Crippen LogP contribution >= 0.6 is 11.6 Å². The molecule has 7 heteroatoms. The first-order valence-electron chi connectivity index (χ1n) is 8.78. The van der Waals surface area contributed by atoms with Crippen molar-refractivity contribution >= 4 is 23.2 Å². The smallest absolute Gasteiger partial charge is 0.259 e. The molecule has 26 heavy (non-hydrogen) atoms. The maximum atomic E-state index is 13.0. The number of piperazine rings is 1. The molecule has 1 fully saturated rings. The third-order valence-corrected chi connectivity index (χ3v) is 5.22. The molecule has 1 saturated heterocycles. The predicted molar refractivity (Wildman–Crippen MR) is 101 cm³/mol. The van der Waals surface area contributed by atoms with Gasteiger partial charge in [-0.25, -0.2) is 9.50 Å². The van der Waals surface area contributed by atoms with Crippen molar-refractivity contribution in [2.45, 2.75) is 6.92 Å². The van der Waals surface area contributed by atoms with E-state index < -0.39 is 0 Å². The number of rotatable bonds is 3. The number of benzene rings is 1. The fourth-order valence-corrected chi connectivity index (χ4v) is 3.59. The number of carbonyl (C=O) groups excluding carboxylic acids is 1. The predicted octanol–water partition coefficient (Wildman–Crippen LogP) is 2.83. The second-order valence-electron chi connectivity index (χ2n) is 6.33. The van der Waals surface area contributed by atoms with Crippen molar-refractivity contribution in [1.29, 1.82) is 0 Å². The lowest BCUT2D eigenvalue weighted by Gasteiger charge is -2.33. The molecule has 6 nitrogen and oxygen atoms in total. The Balaban J connectivity index is 1.69. The third-order valence-electron chi connectivity index (χ3n) is 4.89. The highest BCUT2D eigenvalue weighted by Crippen LogP contribution is 2.28. The fourth-order valence-electron chi connectivity index (χ4n) is 3.35. The molecule has 0 saturated carbocycles. The van der Waals surface area contributed by atoms with E-state index in [4.69, 9.17) is 11.6 Å². The topological polar surface area (TPSA) is 53.7 Å². The first-order chi connectivity index (χ1) is 12.7. The zero-order valence-corrected chi connectivity index (χ0v) is 15.4. The van der Waals surface area contributed by atoms with Crippen molar-refractivity contribution in [3.8, 4) is 11.3 Å². The Bertz CT molecular complexity index is 946. The molecular formula is C19H20ClN5O. The maximum absolute atomic E-state index is 13.0. The summed E-state index contributed by atoms with van der Waals surface area (Å²) in [7, 11) is 0. The van der Waals surface area contributed by atoms with E-state index in [1.165, 1.54) is 0 Å². The fraction of sp³-hybridized carbons (Fsp3) is 0.316. The van der Waals surface area contributed by atoms with Gasteiger partial charge in [0.05, 0.1) is 11.9 Å². The maximum Gasteiger partial charge on any atom is 0.259 e. The third kappa shape index (κ3) is 2.95. The van der Waals surface area contributed by atoms with Gasteiger partial charge >= 0.3 is 0 Å². The number of carbonyl (C=O) groups is 1. The van der Waals surface area contributed by atoms with Crippen molar-refractivity contribution in [2.75, 3.05) is 32.7 Å². The Morgan fingerprint density at radius 2 is 1.92 bits per heavy atom. The first-order valence-corrected chi connectivity index (χ1v) is 9.16. The quantitative estimate of drug-likeness (QED) is 0.712. The van der Waals surface area contributed by atoms with E-state index in [-0.39, 0.29) is 5.91 Å². The summed E-state index contributed by atoms with van der Waals surface area (Å²) >= 11 is 6.34. The van der Waals surface area contributed by atoms with E-state index in [1.807, 2.05) is 35.2 Å². The van der Waals surface area contributed by atoms with Crippen molar-refractivity contribution in [1.82, 2.24) is 24.4 Å². The summed E-state index contributed by atoms with van der Waals surface area (Å²) in [5.41, 5.74) is 2.77. The molecule has 0 spiro atoms. The van der Waals surface area contributed by atoms with E-state index in [2.05, 4.69) is 21.9 Å². The molecule has 0 radical (unpaired) electrons. The van der Waals surface area contributed by atoms with Gasteiger partial charge in [0, 0.05) is 43.0 Å². The van der Waals surface area contributed by atoms with Crippen LogP contribution in [0, 0.1) is 0 Å². The molecule has 0 aliphatic carbocycles. The van der Waals surface area contributed by atoms with Gasteiger partial charge in [0.2, 0.25) is 0 Å². The Labute approximate surface area is 157 Å². The largest absolute Gasteiger partial charge is 0.336 e. The van der Waals surface area contributed by atoms with E-state index >= 15 is 0 Å². The normalized spacial score (nSPS) is 15.5. The minimum atomic E-state index is -0.0143. The lowest BCUT2D eigenvalue weighted by atomic mass is 10.1. The highest BCUT2D eigenvalue weighted by Gasteiger charge is 2.25. The molecule has 0 N–H and O–H groups in total. The number of nitrogens with zero attached hydrogens (tertiary/aromatic N) is 5. The molecule has 2 aromatic heterocycles. The van der Waals surface area contributed by atoms with Crippen molar-refractivity contribution < 1.29 is 4.79 Å². The SMILES string of the molecule is CCN1CCN(C(=O)c2cnn3c(-c4ccccc4Cl)ccnc23)CC1. The standard InChI is InChI=1S/C19H20ClN5O/c1-2-23-9-11-24(12-10-23)19(26)15-13-22-25-17(7-8-21-18(15)25)14-5-3-4-6-16(14)20/h3-8,13H,2,9-12H2,1H3. The zero-order chi connectivity index (χ0) is 18.1. The monoisotopic (exact) mass is 369 g/mol.